The third-order valence-corrected chi connectivity index (χ3v) is 8.24. The Morgan fingerprint density at radius 1 is 1.12 bits per heavy atom. The molecule has 176 valence electrons. The van der Waals surface area contributed by atoms with E-state index in [-0.39, 0.29) is 37.9 Å². The van der Waals surface area contributed by atoms with Crippen LogP contribution in [0.3, 0.4) is 0 Å². The molecule has 0 bridgehead atoms. The number of carbonyl (C=O) groups is 1. The van der Waals surface area contributed by atoms with Crippen molar-refractivity contribution >= 4 is 61.8 Å². The second-order valence-electron chi connectivity index (χ2n) is 6.88. The summed E-state index contributed by atoms with van der Waals surface area (Å²) in [4.78, 5) is 18.0. The third-order valence-electron chi connectivity index (χ3n) is 4.68. The van der Waals surface area contributed by atoms with Crippen molar-refractivity contribution in [3.8, 4) is 5.75 Å². The minimum absolute atomic E-state index is 0.0899. The highest BCUT2D eigenvalue weighted by atomic mass is 32.2. The molecule has 0 atom stereocenters. The number of carbonyl (C=O) groups excluding carboxylic acids is 1. The lowest BCUT2D eigenvalue weighted by Crippen LogP contribution is -2.32. The zero-order valence-corrected chi connectivity index (χ0v) is 20.6. The third kappa shape index (κ3) is 6.16. The van der Waals surface area contributed by atoms with Gasteiger partial charge in [0, 0.05) is 17.5 Å². The Morgan fingerprint density at radius 2 is 1.91 bits per heavy atom. The van der Waals surface area contributed by atoms with Gasteiger partial charge >= 0.3 is 0 Å². The minimum atomic E-state index is -4.02. The van der Waals surface area contributed by atoms with Crippen LogP contribution >= 0.6 is 35.7 Å². The number of hydrogen-bond acceptors (Lipinski definition) is 10. The number of benzene rings is 1. The highest BCUT2D eigenvalue weighted by Gasteiger charge is 2.39. The van der Waals surface area contributed by atoms with Crippen LogP contribution in [0, 0.1) is 0 Å². The topological polar surface area (TPSA) is 117 Å². The van der Waals surface area contributed by atoms with Crippen LogP contribution in [0.5, 0.6) is 5.75 Å². The van der Waals surface area contributed by atoms with Crippen molar-refractivity contribution in [2.75, 3.05) is 50.7 Å². The van der Waals surface area contributed by atoms with E-state index in [2.05, 4.69) is 0 Å². The summed E-state index contributed by atoms with van der Waals surface area (Å²) in [5.41, 5.74) is 0.868. The van der Waals surface area contributed by atoms with Crippen molar-refractivity contribution in [2.45, 2.75) is 17.7 Å². The van der Waals surface area contributed by atoms with Gasteiger partial charge in [-0.3, -0.25) is 14.2 Å². The van der Waals surface area contributed by atoms with Crippen LogP contribution in [0.25, 0.3) is 0 Å². The molecule has 0 aliphatic carbocycles. The SMILES string of the molecule is COc1ccc2c(c1)N(CCCCS(=O)(=O)O)C(=C1SC(=S)N(CCOCCO)C1=O)S2. The fourth-order valence-electron chi connectivity index (χ4n) is 3.18. The Bertz CT molecular complexity index is 1010. The quantitative estimate of drug-likeness (QED) is 0.194. The van der Waals surface area contributed by atoms with Gasteiger partial charge in [0.1, 0.15) is 20.0 Å². The maximum Gasteiger partial charge on any atom is 0.268 e. The number of thiocarbonyl (C=S) groups is 1. The number of hydrogen-bond donors (Lipinski definition) is 2. The van der Waals surface area contributed by atoms with Gasteiger partial charge in [-0.15, -0.1) is 0 Å². The molecular formula is C19H24N2O7S4. The van der Waals surface area contributed by atoms with E-state index >= 15 is 0 Å². The van der Waals surface area contributed by atoms with Gasteiger partial charge in [0.05, 0.1) is 44.9 Å². The highest BCUT2D eigenvalue weighted by molar-refractivity contribution is 8.27. The molecule has 2 heterocycles. The lowest BCUT2D eigenvalue weighted by molar-refractivity contribution is -0.122. The molecule has 0 radical (unpaired) electrons. The summed E-state index contributed by atoms with van der Waals surface area (Å²) in [7, 11) is -2.45. The van der Waals surface area contributed by atoms with Crippen LogP contribution in [-0.2, 0) is 19.6 Å². The Hall–Kier alpha value is -1.35. The van der Waals surface area contributed by atoms with E-state index in [4.69, 9.17) is 31.4 Å². The number of ether oxygens (including phenoxy) is 2. The molecular weight excluding hydrogens is 496 g/mol. The summed E-state index contributed by atoms with van der Waals surface area (Å²) in [6.45, 7) is 1.12. The van der Waals surface area contributed by atoms with E-state index in [1.54, 1.807) is 7.11 Å². The second kappa shape index (κ2) is 11.2. The Labute approximate surface area is 200 Å². The average Bonchev–Trinajstić information content (AvgIpc) is 3.24. The Balaban J connectivity index is 1.83. The molecule has 3 rings (SSSR count). The van der Waals surface area contributed by atoms with Gasteiger partial charge in [0.25, 0.3) is 16.0 Å². The van der Waals surface area contributed by atoms with Crippen molar-refractivity contribution < 1.29 is 32.3 Å². The first-order valence-electron chi connectivity index (χ1n) is 9.80. The molecule has 1 saturated heterocycles. The molecule has 0 saturated carbocycles. The Morgan fingerprint density at radius 3 is 2.59 bits per heavy atom. The van der Waals surface area contributed by atoms with Crippen LogP contribution in [-0.4, -0.2) is 79.0 Å². The van der Waals surface area contributed by atoms with E-state index < -0.39 is 10.1 Å². The number of unbranched alkanes of at least 4 members (excludes halogenated alkanes) is 1. The summed E-state index contributed by atoms with van der Waals surface area (Å²) < 4.78 is 42.1. The van der Waals surface area contributed by atoms with Gasteiger partial charge < -0.3 is 19.5 Å². The zero-order chi connectivity index (χ0) is 23.3. The molecule has 0 unspecified atom stereocenters. The maximum absolute atomic E-state index is 13.1. The standard InChI is InChI=1S/C19H24N2O7S4/c1-27-13-4-5-15-14(12-13)20(6-2-3-11-32(24,25)26)18(30-15)16-17(23)21(19(29)31-16)7-9-28-10-8-22/h4-5,12,22H,2-3,6-11H2,1H3,(H,24,25,26). The summed E-state index contributed by atoms with van der Waals surface area (Å²) in [6, 6.07) is 5.64. The molecule has 32 heavy (non-hydrogen) atoms. The first-order valence-corrected chi connectivity index (χ1v) is 13.5. The highest BCUT2D eigenvalue weighted by Crippen LogP contribution is 2.51. The number of rotatable bonds is 11. The molecule has 13 heteroatoms. The predicted molar refractivity (Wildman–Crippen MR) is 129 cm³/mol. The van der Waals surface area contributed by atoms with Crippen LogP contribution in [0.4, 0.5) is 5.69 Å². The summed E-state index contributed by atoms with van der Waals surface area (Å²) in [6.07, 6.45) is 0.783. The zero-order valence-electron chi connectivity index (χ0n) is 17.4. The molecule has 0 aromatic heterocycles. The molecule has 2 aliphatic rings. The van der Waals surface area contributed by atoms with Gasteiger partial charge in [-0.2, -0.15) is 8.42 Å². The molecule has 1 fully saturated rings. The first kappa shape index (κ1) is 25.3. The minimum Gasteiger partial charge on any atom is -0.497 e. The van der Waals surface area contributed by atoms with Crippen molar-refractivity contribution in [3.05, 3.63) is 28.1 Å². The molecule has 1 amide bonds. The van der Waals surface area contributed by atoms with Crippen LogP contribution in [0.1, 0.15) is 12.8 Å². The van der Waals surface area contributed by atoms with Gasteiger partial charge in [-0.1, -0.05) is 35.7 Å². The number of thioether (sulfide) groups is 2. The summed E-state index contributed by atoms with van der Waals surface area (Å²) >= 11 is 8.08. The number of nitrogens with zero attached hydrogens (tertiary/aromatic N) is 2. The smallest absolute Gasteiger partial charge is 0.268 e. The maximum atomic E-state index is 13.1. The fraction of sp³-hybridized carbons (Fsp3) is 0.474. The van der Waals surface area contributed by atoms with Crippen LogP contribution in [0.2, 0.25) is 0 Å². The number of anilines is 1. The number of aliphatic hydroxyl groups excluding tert-OH is 1. The molecule has 1 aromatic carbocycles. The Kier molecular flexibility index (Phi) is 8.83. The lowest BCUT2D eigenvalue weighted by Gasteiger charge is -2.22. The van der Waals surface area contributed by atoms with E-state index in [1.165, 1.54) is 28.4 Å². The van der Waals surface area contributed by atoms with Crippen molar-refractivity contribution in [1.29, 1.82) is 0 Å². The summed E-state index contributed by atoms with van der Waals surface area (Å²) in [5.74, 6) is 0.143. The normalized spacial score (nSPS) is 18.6. The van der Waals surface area contributed by atoms with Gasteiger partial charge in [-0.05, 0) is 25.0 Å². The monoisotopic (exact) mass is 520 g/mol. The van der Waals surface area contributed by atoms with Gasteiger partial charge in [0.2, 0.25) is 0 Å². The summed E-state index contributed by atoms with van der Waals surface area (Å²) in [5, 5.41) is 9.56. The molecule has 0 spiro atoms. The molecule has 2 N–H and O–H groups in total. The van der Waals surface area contributed by atoms with Crippen molar-refractivity contribution in [2.24, 2.45) is 0 Å². The molecule has 1 aromatic rings. The van der Waals surface area contributed by atoms with Gasteiger partial charge in [-0.25, -0.2) is 0 Å². The van der Waals surface area contributed by atoms with Gasteiger partial charge in [0.15, 0.2) is 0 Å². The van der Waals surface area contributed by atoms with E-state index in [1.807, 2.05) is 23.1 Å². The molecule has 9 nitrogen and oxygen atoms in total. The number of amides is 1. The van der Waals surface area contributed by atoms with E-state index in [9.17, 15) is 13.2 Å². The predicted octanol–water partition coefficient (Wildman–Crippen LogP) is 2.31. The van der Waals surface area contributed by atoms with E-state index in [0.29, 0.717) is 34.5 Å². The number of aliphatic hydroxyl groups is 1. The second-order valence-corrected chi connectivity index (χ2v) is 11.1. The number of fused-ring (bicyclic) bond motifs is 1. The van der Waals surface area contributed by atoms with Crippen molar-refractivity contribution in [3.63, 3.8) is 0 Å². The number of methoxy groups -OCH3 is 1. The average molecular weight is 521 g/mol. The van der Waals surface area contributed by atoms with Crippen LogP contribution in [0.15, 0.2) is 33.0 Å². The fourth-order valence-corrected chi connectivity index (χ4v) is 6.37. The van der Waals surface area contributed by atoms with Crippen LogP contribution < -0.4 is 9.64 Å². The first-order chi connectivity index (χ1) is 15.2. The van der Waals surface area contributed by atoms with Crippen molar-refractivity contribution in [1.82, 2.24) is 4.90 Å². The molecule has 2 aliphatic heterocycles. The van der Waals surface area contributed by atoms with E-state index in [0.717, 1.165) is 15.6 Å². The lowest BCUT2D eigenvalue weighted by atomic mass is 10.2. The largest absolute Gasteiger partial charge is 0.497 e.